The molecule has 0 fully saturated rings. The van der Waals surface area contributed by atoms with Crippen molar-refractivity contribution in [2.75, 3.05) is 0 Å². The van der Waals surface area contributed by atoms with Gasteiger partial charge in [-0.15, -0.1) is 0 Å². The third-order valence-corrected chi connectivity index (χ3v) is 9.31. The molecular weight excluding hydrogens is 520 g/mol. The van der Waals surface area contributed by atoms with Crippen LogP contribution in [-0.4, -0.2) is 9.13 Å². The summed E-state index contributed by atoms with van der Waals surface area (Å²) in [5.74, 6) is 0. The predicted molar refractivity (Wildman–Crippen MR) is 183 cm³/mol. The number of hydrogen-bond donors (Lipinski definition) is 0. The van der Waals surface area contributed by atoms with Crippen LogP contribution in [0.15, 0.2) is 133 Å². The summed E-state index contributed by atoms with van der Waals surface area (Å²) in [6.45, 7) is 8.98. The van der Waals surface area contributed by atoms with Crippen LogP contribution in [0.5, 0.6) is 0 Å². The Morgan fingerprint density at radius 3 is 1.58 bits per heavy atom. The van der Waals surface area contributed by atoms with Crippen molar-refractivity contribution < 1.29 is 0 Å². The van der Waals surface area contributed by atoms with Gasteiger partial charge >= 0.3 is 0 Å². The lowest BCUT2D eigenvalue weighted by atomic mass is 9.78. The fourth-order valence-corrected chi connectivity index (χ4v) is 6.96. The minimum Gasteiger partial charge on any atom is -0.309 e. The first kappa shape index (κ1) is 25.6. The number of benzene rings is 6. The number of rotatable bonds is 4. The zero-order valence-corrected chi connectivity index (χ0v) is 25.1. The highest BCUT2D eigenvalue weighted by molar-refractivity contribution is 6.12. The highest BCUT2D eigenvalue weighted by atomic mass is 15.0. The average Bonchev–Trinajstić information content (AvgIpc) is 3.53. The molecule has 0 aliphatic rings. The maximum atomic E-state index is 2.43. The minimum atomic E-state index is -0.115. The quantitative estimate of drug-likeness (QED) is 0.205. The zero-order valence-electron chi connectivity index (χ0n) is 25.1. The number of aromatic nitrogens is 2. The van der Waals surface area contributed by atoms with Crippen LogP contribution in [0.3, 0.4) is 0 Å². The maximum Gasteiger partial charge on any atom is 0.0542 e. The second kappa shape index (κ2) is 9.47. The van der Waals surface area contributed by atoms with E-state index in [0.29, 0.717) is 0 Å². The van der Waals surface area contributed by atoms with Crippen molar-refractivity contribution in [2.24, 2.45) is 0 Å². The van der Waals surface area contributed by atoms with Gasteiger partial charge in [-0.2, -0.15) is 0 Å². The van der Waals surface area contributed by atoms with Gasteiger partial charge in [0.25, 0.3) is 0 Å². The molecular formula is C41H34N2. The molecule has 0 aliphatic carbocycles. The van der Waals surface area contributed by atoms with Crippen LogP contribution in [0.1, 0.15) is 36.1 Å². The van der Waals surface area contributed by atoms with E-state index < -0.39 is 0 Å². The molecule has 2 heterocycles. The first-order valence-electron chi connectivity index (χ1n) is 15.1. The lowest BCUT2D eigenvalue weighted by Crippen LogP contribution is -2.19. The molecule has 0 spiro atoms. The van der Waals surface area contributed by atoms with Crippen molar-refractivity contribution in [1.29, 1.82) is 0 Å². The topological polar surface area (TPSA) is 9.86 Å². The van der Waals surface area contributed by atoms with Crippen LogP contribution in [0, 0.1) is 13.8 Å². The largest absolute Gasteiger partial charge is 0.309 e. The van der Waals surface area contributed by atoms with E-state index in [-0.39, 0.29) is 5.41 Å². The Morgan fingerprint density at radius 1 is 0.395 bits per heavy atom. The molecule has 0 unspecified atom stereocenters. The van der Waals surface area contributed by atoms with E-state index in [1.165, 1.54) is 77.2 Å². The van der Waals surface area contributed by atoms with E-state index in [2.05, 4.69) is 170 Å². The Labute approximate surface area is 252 Å². The van der Waals surface area contributed by atoms with Gasteiger partial charge in [0.2, 0.25) is 0 Å². The van der Waals surface area contributed by atoms with Crippen LogP contribution in [-0.2, 0) is 5.41 Å². The minimum absolute atomic E-state index is 0.115. The molecule has 0 amide bonds. The van der Waals surface area contributed by atoms with E-state index in [0.717, 1.165) is 0 Å². The van der Waals surface area contributed by atoms with Crippen LogP contribution in [0.2, 0.25) is 0 Å². The van der Waals surface area contributed by atoms with Gasteiger partial charge in [0.15, 0.2) is 0 Å². The van der Waals surface area contributed by atoms with Gasteiger partial charge in [0.1, 0.15) is 0 Å². The Kier molecular flexibility index (Phi) is 5.64. The molecule has 2 nitrogen and oxygen atoms in total. The van der Waals surface area contributed by atoms with Gasteiger partial charge in [-0.05, 0) is 85.6 Å². The van der Waals surface area contributed by atoms with Crippen molar-refractivity contribution in [3.05, 3.63) is 156 Å². The number of nitrogens with zero attached hydrogens (tertiary/aromatic N) is 2. The Balaban J connectivity index is 1.36. The van der Waals surface area contributed by atoms with E-state index in [9.17, 15) is 0 Å². The molecule has 208 valence electrons. The van der Waals surface area contributed by atoms with Crippen molar-refractivity contribution in [3.63, 3.8) is 0 Å². The molecule has 2 heteroatoms. The molecule has 0 radical (unpaired) electrons. The van der Waals surface area contributed by atoms with Gasteiger partial charge in [-0.3, -0.25) is 0 Å². The van der Waals surface area contributed by atoms with Crippen LogP contribution in [0.4, 0.5) is 0 Å². The molecule has 0 bridgehead atoms. The van der Waals surface area contributed by atoms with E-state index in [1.54, 1.807) is 0 Å². The molecule has 0 N–H and O–H groups in total. The number of para-hydroxylation sites is 1. The second-order valence-corrected chi connectivity index (χ2v) is 12.5. The highest BCUT2D eigenvalue weighted by Gasteiger charge is 2.24. The molecule has 0 saturated heterocycles. The third kappa shape index (κ3) is 3.94. The summed E-state index contributed by atoms with van der Waals surface area (Å²) >= 11 is 0. The van der Waals surface area contributed by atoms with Gasteiger partial charge in [-0.1, -0.05) is 97.8 Å². The van der Waals surface area contributed by atoms with Crippen LogP contribution >= 0.6 is 0 Å². The Bertz CT molecular complexity index is 2270. The molecule has 8 aromatic rings. The summed E-state index contributed by atoms with van der Waals surface area (Å²) in [5, 5.41) is 5.13. The zero-order chi connectivity index (χ0) is 29.3. The third-order valence-electron chi connectivity index (χ3n) is 9.31. The highest BCUT2D eigenvalue weighted by Crippen LogP contribution is 2.38. The Morgan fingerprint density at radius 2 is 0.907 bits per heavy atom. The summed E-state index contributed by atoms with van der Waals surface area (Å²) in [6, 6.07) is 49.3. The Hall–Kier alpha value is -5.08. The predicted octanol–water partition coefficient (Wildman–Crippen LogP) is 10.8. The standard InChI is InChI=1S/C41H34N2/c1-27-17-20-38-34(23-27)35-24-28(2)18-21-39(35)43(38)32-19-22-40-36(26-32)33-15-8-9-16-37(33)42(40)31-14-10-13-30(25-31)41(3,4)29-11-6-5-7-12-29/h5-26H,1-4H3. The lowest BCUT2D eigenvalue weighted by molar-refractivity contribution is 0.640. The number of hydrogen-bond acceptors (Lipinski definition) is 0. The SMILES string of the molecule is Cc1ccc2c(c1)c1cc(C)ccc1n2-c1ccc2c(c1)c1ccccc1n2-c1cccc(C(C)(C)c2ccccc2)c1. The average molecular weight is 555 g/mol. The van der Waals surface area contributed by atoms with E-state index in [4.69, 9.17) is 0 Å². The normalized spacial score (nSPS) is 12.2. The summed E-state index contributed by atoms with van der Waals surface area (Å²) in [5.41, 5.74) is 12.3. The molecule has 0 saturated carbocycles. The maximum absolute atomic E-state index is 2.43. The van der Waals surface area contributed by atoms with Crippen molar-refractivity contribution in [3.8, 4) is 11.4 Å². The fraction of sp³-hybridized carbons (Fsp3) is 0.122. The van der Waals surface area contributed by atoms with Crippen molar-refractivity contribution >= 4 is 43.6 Å². The molecule has 0 atom stereocenters. The smallest absolute Gasteiger partial charge is 0.0542 e. The van der Waals surface area contributed by atoms with Crippen molar-refractivity contribution in [2.45, 2.75) is 33.1 Å². The van der Waals surface area contributed by atoms with Gasteiger partial charge in [0, 0.05) is 38.3 Å². The van der Waals surface area contributed by atoms with Crippen LogP contribution < -0.4 is 0 Å². The summed E-state index contributed by atoms with van der Waals surface area (Å²) in [7, 11) is 0. The molecule has 0 aliphatic heterocycles. The fourth-order valence-electron chi connectivity index (χ4n) is 6.96. The summed E-state index contributed by atoms with van der Waals surface area (Å²) < 4.78 is 4.86. The van der Waals surface area contributed by atoms with E-state index in [1.807, 2.05) is 0 Å². The first-order valence-corrected chi connectivity index (χ1v) is 15.1. The second-order valence-electron chi connectivity index (χ2n) is 12.5. The molecule has 2 aromatic heterocycles. The number of aryl methyl sites for hydroxylation is 2. The first-order chi connectivity index (χ1) is 20.9. The summed E-state index contributed by atoms with van der Waals surface area (Å²) in [6.07, 6.45) is 0. The van der Waals surface area contributed by atoms with Gasteiger partial charge in [-0.25, -0.2) is 0 Å². The lowest BCUT2D eigenvalue weighted by Gasteiger charge is -2.27. The molecule has 43 heavy (non-hydrogen) atoms. The molecule has 6 aromatic carbocycles. The van der Waals surface area contributed by atoms with Gasteiger partial charge < -0.3 is 9.13 Å². The van der Waals surface area contributed by atoms with Crippen LogP contribution in [0.25, 0.3) is 55.0 Å². The van der Waals surface area contributed by atoms with Gasteiger partial charge in [0.05, 0.1) is 22.1 Å². The van der Waals surface area contributed by atoms with E-state index >= 15 is 0 Å². The number of fused-ring (bicyclic) bond motifs is 6. The van der Waals surface area contributed by atoms with Crippen molar-refractivity contribution in [1.82, 2.24) is 9.13 Å². The monoisotopic (exact) mass is 554 g/mol. The molecule has 8 rings (SSSR count). The summed E-state index contributed by atoms with van der Waals surface area (Å²) in [4.78, 5) is 0.